The average Bonchev–Trinajstić information content (AvgIpc) is 1.87. The van der Waals surface area contributed by atoms with E-state index in [-0.39, 0.29) is 52.8 Å². The van der Waals surface area contributed by atoms with Crippen LogP contribution in [0.3, 0.4) is 0 Å². The van der Waals surface area contributed by atoms with Gasteiger partial charge in [-0.1, -0.05) is 50.2 Å². The standard InChI is InChI=1S/C7H15NS2.K.H/c1-2-3-4-5-6-10-7(8)9;;/h2-6H2,1H3,(H2,8,9);;/q;+1;-1. The van der Waals surface area contributed by atoms with Crippen molar-refractivity contribution in [1.82, 2.24) is 0 Å². The van der Waals surface area contributed by atoms with Crippen LogP contribution in [0, 0.1) is 0 Å². The van der Waals surface area contributed by atoms with Gasteiger partial charge in [-0.25, -0.2) is 0 Å². The molecule has 0 spiro atoms. The monoisotopic (exact) mass is 217 g/mol. The molecule has 0 atom stereocenters. The van der Waals surface area contributed by atoms with Crippen LogP contribution < -0.4 is 57.1 Å². The van der Waals surface area contributed by atoms with Crippen molar-refractivity contribution in [2.75, 3.05) is 5.75 Å². The van der Waals surface area contributed by atoms with Gasteiger partial charge in [0.05, 0.1) is 0 Å². The molecule has 0 saturated carbocycles. The molecular weight excluding hydrogens is 201 g/mol. The summed E-state index contributed by atoms with van der Waals surface area (Å²) in [5.74, 6) is 1.09. The van der Waals surface area contributed by atoms with Crippen LogP contribution in [0.5, 0.6) is 0 Å². The van der Waals surface area contributed by atoms with E-state index in [4.69, 9.17) is 18.0 Å². The zero-order valence-electron chi connectivity index (χ0n) is 8.43. The van der Waals surface area contributed by atoms with Gasteiger partial charge in [-0.15, -0.1) is 0 Å². The van der Waals surface area contributed by atoms with E-state index in [0.29, 0.717) is 4.32 Å². The third kappa shape index (κ3) is 14.7. The predicted octanol–water partition coefficient (Wildman–Crippen LogP) is -0.340. The minimum absolute atomic E-state index is 0. The number of unbranched alkanes of at least 4 members (excludes halogenated alkanes) is 3. The van der Waals surface area contributed by atoms with Gasteiger partial charge in [-0.2, -0.15) is 0 Å². The van der Waals surface area contributed by atoms with E-state index in [0.717, 1.165) is 5.75 Å². The molecule has 1 nitrogen and oxygen atoms in total. The van der Waals surface area contributed by atoms with Gasteiger partial charge in [0.2, 0.25) is 0 Å². The molecule has 11 heavy (non-hydrogen) atoms. The Morgan fingerprint density at radius 3 is 2.55 bits per heavy atom. The van der Waals surface area contributed by atoms with Gasteiger partial charge in [-0.05, 0) is 6.42 Å². The molecule has 0 aliphatic rings. The quantitative estimate of drug-likeness (QED) is 0.388. The number of nitrogens with two attached hydrogens (primary N) is 1. The minimum Gasteiger partial charge on any atom is -1.00 e. The van der Waals surface area contributed by atoms with Gasteiger partial charge < -0.3 is 7.16 Å². The largest absolute Gasteiger partial charge is 1.00 e. The predicted molar refractivity (Wildman–Crippen MR) is 54.5 cm³/mol. The Hall–Kier alpha value is 1.88. The molecule has 0 unspecified atom stereocenters. The van der Waals surface area contributed by atoms with Crippen molar-refractivity contribution >= 4 is 28.3 Å². The molecule has 0 aliphatic carbocycles. The Labute approximate surface area is 123 Å². The molecule has 0 heterocycles. The van der Waals surface area contributed by atoms with Crippen molar-refractivity contribution in [3.63, 3.8) is 0 Å². The van der Waals surface area contributed by atoms with E-state index in [1.54, 1.807) is 11.8 Å². The topological polar surface area (TPSA) is 26.0 Å². The zero-order valence-corrected chi connectivity index (χ0v) is 12.2. The molecule has 0 saturated heterocycles. The molecule has 2 N–H and O–H groups in total. The summed E-state index contributed by atoms with van der Waals surface area (Å²) in [7, 11) is 0. The first kappa shape index (κ1) is 15.4. The summed E-state index contributed by atoms with van der Waals surface area (Å²) in [4.78, 5) is 0. The molecule has 0 radical (unpaired) electrons. The fraction of sp³-hybridized carbons (Fsp3) is 0.857. The average molecular weight is 217 g/mol. The van der Waals surface area contributed by atoms with Crippen molar-refractivity contribution in [3.05, 3.63) is 0 Å². The van der Waals surface area contributed by atoms with Gasteiger partial charge >= 0.3 is 51.4 Å². The molecule has 0 aromatic heterocycles. The molecule has 0 bridgehead atoms. The molecule has 0 aromatic carbocycles. The third-order valence-corrected chi connectivity index (χ3v) is 2.37. The fourth-order valence-electron chi connectivity index (χ4n) is 0.702. The van der Waals surface area contributed by atoms with E-state index >= 15 is 0 Å². The maximum atomic E-state index is 5.30. The summed E-state index contributed by atoms with van der Waals surface area (Å²) in [5, 5.41) is 0. The number of rotatable bonds is 5. The van der Waals surface area contributed by atoms with Crippen LogP contribution in [0.2, 0.25) is 0 Å². The first-order valence-corrected chi connectivity index (χ1v) is 5.09. The van der Waals surface area contributed by atoms with Crippen molar-refractivity contribution in [2.24, 2.45) is 5.73 Å². The van der Waals surface area contributed by atoms with Crippen molar-refractivity contribution in [3.8, 4) is 0 Å². The smallest absolute Gasteiger partial charge is 1.00 e. The van der Waals surface area contributed by atoms with Gasteiger partial charge in [-0.3, -0.25) is 0 Å². The maximum absolute atomic E-state index is 5.30. The molecular formula is C7H16KNS2. The first-order valence-electron chi connectivity index (χ1n) is 3.69. The van der Waals surface area contributed by atoms with Crippen LogP contribution in [0.15, 0.2) is 0 Å². The van der Waals surface area contributed by atoms with Crippen molar-refractivity contribution in [2.45, 2.75) is 32.6 Å². The van der Waals surface area contributed by atoms with Crippen molar-refractivity contribution in [1.29, 1.82) is 0 Å². The number of thioether (sulfide) groups is 1. The number of thiocarbonyl (C=S) groups is 1. The van der Waals surface area contributed by atoms with Crippen LogP contribution in [0.25, 0.3) is 0 Å². The maximum Gasteiger partial charge on any atom is 1.00 e. The third-order valence-electron chi connectivity index (χ3n) is 1.24. The van der Waals surface area contributed by atoms with E-state index in [1.807, 2.05) is 0 Å². The van der Waals surface area contributed by atoms with Gasteiger partial charge in [0.1, 0.15) is 4.32 Å². The van der Waals surface area contributed by atoms with Crippen LogP contribution in [-0.2, 0) is 0 Å². The molecule has 0 aliphatic heterocycles. The Morgan fingerprint density at radius 2 is 2.09 bits per heavy atom. The SMILES string of the molecule is CCCCCCSC(N)=S.[H-].[K+]. The summed E-state index contributed by atoms with van der Waals surface area (Å²) in [6.45, 7) is 2.21. The van der Waals surface area contributed by atoms with Gasteiger partial charge in [0.15, 0.2) is 0 Å². The van der Waals surface area contributed by atoms with E-state index in [1.165, 1.54) is 25.7 Å². The summed E-state index contributed by atoms with van der Waals surface area (Å²) < 4.78 is 0.580. The fourth-order valence-corrected chi connectivity index (χ4v) is 1.50. The van der Waals surface area contributed by atoms with Crippen LogP contribution in [0.1, 0.15) is 34.0 Å². The molecule has 0 fully saturated rings. The van der Waals surface area contributed by atoms with Crippen LogP contribution in [-0.4, -0.2) is 10.1 Å². The first-order chi connectivity index (χ1) is 4.77. The van der Waals surface area contributed by atoms with Gasteiger partial charge in [0.25, 0.3) is 0 Å². The Morgan fingerprint density at radius 1 is 1.45 bits per heavy atom. The minimum atomic E-state index is 0. The summed E-state index contributed by atoms with van der Waals surface area (Å²) in [6.07, 6.45) is 5.18. The second kappa shape index (κ2) is 11.9. The summed E-state index contributed by atoms with van der Waals surface area (Å²) in [6, 6.07) is 0. The summed E-state index contributed by atoms with van der Waals surface area (Å²) in [5.41, 5.74) is 5.30. The molecule has 0 amide bonds. The zero-order chi connectivity index (χ0) is 7.82. The molecule has 4 heteroatoms. The van der Waals surface area contributed by atoms with E-state index in [9.17, 15) is 0 Å². The molecule has 62 valence electrons. The van der Waals surface area contributed by atoms with Gasteiger partial charge in [0, 0.05) is 5.75 Å². The second-order valence-electron chi connectivity index (χ2n) is 2.23. The van der Waals surface area contributed by atoms with Crippen molar-refractivity contribution < 1.29 is 52.8 Å². The molecule has 0 rings (SSSR count). The van der Waals surface area contributed by atoms with E-state index in [2.05, 4.69) is 6.92 Å². The number of hydrogen-bond acceptors (Lipinski definition) is 2. The summed E-state index contributed by atoms with van der Waals surface area (Å²) >= 11 is 6.31. The van der Waals surface area contributed by atoms with Crippen LogP contribution >= 0.6 is 24.0 Å². The Bertz CT molecular complexity index is 103. The normalized spacial score (nSPS) is 8.82. The Kier molecular flexibility index (Phi) is 16.6. The van der Waals surface area contributed by atoms with Crippen LogP contribution in [0.4, 0.5) is 0 Å². The van der Waals surface area contributed by atoms with E-state index < -0.39 is 0 Å². The number of hydrogen-bond donors (Lipinski definition) is 1. The second-order valence-corrected chi connectivity index (χ2v) is 4.06. The Balaban J connectivity index is -0.000000405. The molecule has 0 aromatic rings.